The van der Waals surface area contributed by atoms with Gasteiger partial charge in [0.2, 0.25) is 12.3 Å². The predicted molar refractivity (Wildman–Crippen MR) is 200 cm³/mol. The number of aromatic hydroxyl groups is 1. The molecule has 0 spiro atoms. The Morgan fingerprint density at radius 2 is 1.67 bits per heavy atom. The average Bonchev–Trinajstić information content (AvgIpc) is 3.13. The number of aryl methyl sites for hydroxylation is 2. The molecule has 1 saturated heterocycles. The molecule has 6 N–H and O–H groups in total. The first kappa shape index (κ1) is 37.0. The van der Waals surface area contributed by atoms with Gasteiger partial charge in [-0.2, -0.15) is 0 Å². The van der Waals surface area contributed by atoms with Gasteiger partial charge in [-0.25, -0.2) is 4.79 Å². The van der Waals surface area contributed by atoms with Crippen LogP contribution in [-0.2, 0) is 27.3 Å². The van der Waals surface area contributed by atoms with Crippen LogP contribution < -0.4 is 21.3 Å². The second-order valence-corrected chi connectivity index (χ2v) is 12.8. The Morgan fingerprint density at radius 1 is 0.922 bits per heavy atom. The SMILES string of the molecule is CCc1cc(CNC[C@@H](O)c2ccc(O)c(NC=O)c2)c(C)cc1NC(=O)CCN1CCC(OC(=O)Nc2ccccc2-c2ccccc2)CC1. The molecule has 5 rings (SSSR count). The molecular weight excluding hydrogens is 646 g/mol. The molecule has 4 aromatic carbocycles. The lowest BCUT2D eigenvalue weighted by Crippen LogP contribution is -2.39. The van der Waals surface area contributed by atoms with E-state index in [-0.39, 0.29) is 30.0 Å². The van der Waals surface area contributed by atoms with E-state index >= 15 is 0 Å². The summed E-state index contributed by atoms with van der Waals surface area (Å²) < 4.78 is 5.76. The van der Waals surface area contributed by atoms with Gasteiger partial charge in [-0.15, -0.1) is 0 Å². The number of piperidine rings is 1. The van der Waals surface area contributed by atoms with Gasteiger partial charge in [-0.05, 0) is 78.3 Å². The minimum absolute atomic E-state index is 0.0507. The van der Waals surface area contributed by atoms with Crippen LogP contribution in [0.2, 0.25) is 0 Å². The third-order valence-electron chi connectivity index (χ3n) is 9.20. The van der Waals surface area contributed by atoms with Crippen molar-refractivity contribution in [3.8, 4) is 16.9 Å². The molecule has 0 radical (unpaired) electrons. The Kier molecular flexibility index (Phi) is 13.2. The average molecular weight is 694 g/mol. The van der Waals surface area contributed by atoms with E-state index in [0.717, 1.165) is 53.0 Å². The van der Waals surface area contributed by atoms with Gasteiger partial charge in [0.15, 0.2) is 0 Å². The number of amides is 3. The van der Waals surface area contributed by atoms with Crippen LogP contribution >= 0.6 is 0 Å². The number of benzene rings is 4. The maximum absolute atomic E-state index is 13.0. The van der Waals surface area contributed by atoms with E-state index < -0.39 is 12.2 Å². The van der Waals surface area contributed by atoms with Crippen molar-refractivity contribution < 1.29 is 29.3 Å². The maximum Gasteiger partial charge on any atom is 0.411 e. The third kappa shape index (κ3) is 10.4. The zero-order valence-corrected chi connectivity index (χ0v) is 29.2. The molecule has 268 valence electrons. The number of carbonyl (C=O) groups is 3. The highest BCUT2D eigenvalue weighted by molar-refractivity contribution is 5.92. The van der Waals surface area contributed by atoms with Gasteiger partial charge in [0, 0.05) is 50.4 Å². The topological polar surface area (TPSA) is 152 Å². The number of nitrogens with one attached hydrogen (secondary N) is 4. The molecule has 1 fully saturated rings. The number of phenolic OH excluding ortho intramolecular Hbond substituents is 1. The largest absolute Gasteiger partial charge is 0.506 e. The Bertz CT molecular complexity index is 1790. The Morgan fingerprint density at radius 3 is 2.41 bits per heavy atom. The molecule has 51 heavy (non-hydrogen) atoms. The predicted octanol–water partition coefficient (Wildman–Crippen LogP) is 6.36. The molecule has 1 atom stereocenters. The lowest BCUT2D eigenvalue weighted by molar-refractivity contribution is -0.116. The molecule has 0 bridgehead atoms. The fourth-order valence-electron chi connectivity index (χ4n) is 6.28. The van der Waals surface area contributed by atoms with Crippen LogP contribution in [0, 0.1) is 6.92 Å². The number of aliphatic hydroxyl groups is 1. The fourth-order valence-corrected chi connectivity index (χ4v) is 6.28. The second-order valence-electron chi connectivity index (χ2n) is 12.8. The van der Waals surface area contributed by atoms with E-state index in [1.54, 1.807) is 12.1 Å². The van der Waals surface area contributed by atoms with Crippen LogP contribution in [0.4, 0.5) is 21.9 Å². The molecule has 0 saturated carbocycles. The summed E-state index contributed by atoms with van der Waals surface area (Å²) in [6.45, 7) is 6.93. The van der Waals surface area contributed by atoms with E-state index in [1.807, 2.05) is 74.5 Å². The summed E-state index contributed by atoms with van der Waals surface area (Å²) in [4.78, 5) is 38.8. The number of carbonyl (C=O) groups excluding carboxylic acids is 3. The van der Waals surface area contributed by atoms with E-state index in [4.69, 9.17) is 4.74 Å². The van der Waals surface area contributed by atoms with Crippen LogP contribution in [0.1, 0.15) is 54.5 Å². The van der Waals surface area contributed by atoms with E-state index in [9.17, 15) is 24.6 Å². The molecule has 1 aliphatic heterocycles. The van der Waals surface area contributed by atoms with Crippen LogP contribution in [-0.4, -0.2) is 65.8 Å². The van der Waals surface area contributed by atoms with Gasteiger partial charge in [0.1, 0.15) is 11.9 Å². The number of aliphatic hydroxyl groups excluding tert-OH is 1. The van der Waals surface area contributed by atoms with E-state index in [1.165, 1.54) is 6.07 Å². The minimum Gasteiger partial charge on any atom is -0.506 e. The summed E-state index contributed by atoms with van der Waals surface area (Å²) in [6.07, 6.45) is 1.49. The van der Waals surface area contributed by atoms with Crippen molar-refractivity contribution in [2.24, 2.45) is 0 Å². The first-order chi connectivity index (χ1) is 24.7. The highest BCUT2D eigenvalue weighted by atomic mass is 16.6. The van der Waals surface area contributed by atoms with Crippen molar-refractivity contribution in [1.29, 1.82) is 0 Å². The summed E-state index contributed by atoms with van der Waals surface area (Å²) in [5.41, 5.74) is 7.36. The van der Waals surface area contributed by atoms with Crippen molar-refractivity contribution in [2.75, 3.05) is 42.1 Å². The smallest absolute Gasteiger partial charge is 0.411 e. The standard InChI is InChI=1S/C40H47N5O6/c1-3-28-22-31(24-41-25-38(48)30-13-14-37(47)36(23-30)42-26-46)27(2)21-35(28)43-39(49)17-20-45-18-15-32(16-19-45)51-40(50)44-34-12-8-7-11-33(34)29-9-5-4-6-10-29/h4-14,21-23,26,32,38,41,47-48H,3,15-20,24-25H2,1-2H3,(H,42,46)(H,43,49)(H,44,50)/t38-/m1/s1. The van der Waals surface area contributed by atoms with Crippen molar-refractivity contribution >= 4 is 35.5 Å². The lowest BCUT2D eigenvalue weighted by Gasteiger charge is -2.31. The van der Waals surface area contributed by atoms with Gasteiger partial charge in [0.05, 0.1) is 17.5 Å². The quantitative estimate of drug-likeness (QED) is 0.0622. The van der Waals surface area contributed by atoms with Crippen molar-refractivity contribution in [3.63, 3.8) is 0 Å². The first-order valence-electron chi connectivity index (χ1n) is 17.4. The van der Waals surface area contributed by atoms with Crippen LogP contribution in [0.3, 0.4) is 0 Å². The molecular formula is C40H47N5O6. The number of ether oxygens (including phenoxy) is 1. The Labute approximate surface area is 299 Å². The van der Waals surface area contributed by atoms with Gasteiger partial charge >= 0.3 is 6.09 Å². The molecule has 3 amide bonds. The maximum atomic E-state index is 13.0. The van der Waals surface area contributed by atoms with Crippen LogP contribution in [0.25, 0.3) is 11.1 Å². The summed E-state index contributed by atoms with van der Waals surface area (Å²) >= 11 is 0. The first-order valence-corrected chi connectivity index (χ1v) is 17.4. The van der Waals surface area contributed by atoms with Gasteiger partial charge in [-0.1, -0.05) is 67.6 Å². The van der Waals surface area contributed by atoms with Gasteiger partial charge in [-0.3, -0.25) is 14.9 Å². The third-order valence-corrected chi connectivity index (χ3v) is 9.20. The summed E-state index contributed by atoms with van der Waals surface area (Å²) in [5, 5.41) is 32.2. The number of anilines is 3. The number of hydrogen-bond acceptors (Lipinski definition) is 8. The molecule has 11 heteroatoms. The number of likely N-dealkylation sites (tertiary alicyclic amines) is 1. The summed E-state index contributed by atoms with van der Waals surface area (Å²) in [5.74, 6) is -0.124. The molecule has 0 aromatic heterocycles. The van der Waals surface area contributed by atoms with E-state index in [0.29, 0.717) is 50.0 Å². The molecule has 1 heterocycles. The van der Waals surface area contributed by atoms with Gasteiger partial charge in [0.25, 0.3) is 0 Å². The lowest BCUT2D eigenvalue weighted by atomic mass is 10.0. The molecule has 11 nitrogen and oxygen atoms in total. The molecule has 4 aromatic rings. The number of phenols is 1. The van der Waals surface area contributed by atoms with Crippen molar-refractivity contribution in [2.45, 2.75) is 58.3 Å². The normalized spacial score (nSPS) is 14.0. The Balaban J connectivity index is 1.04. The zero-order valence-electron chi connectivity index (χ0n) is 29.2. The zero-order chi connectivity index (χ0) is 36.2. The number of hydrogen-bond donors (Lipinski definition) is 6. The highest BCUT2D eigenvalue weighted by Gasteiger charge is 2.23. The minimum atomic E-state index is -0.839. The van der Waals surface area contributed by atoms with Crippen LogP contribution in [0.15, 0.2) is 84.9 Å². The summed E-state index contributed by atoms with van der Waals surface area (Å²) in [6, 6.07) is 26.2. The van der Waals surface area contributed by atoms with Crippen LogP contribution in [0.5, 0.6) is 5.75 Å². The molecule has 0 aliphatic carbocycles. The van der Waals surface area contributed by atoms with Crippen molar-refractivity contribution in [1.82, 2.24) is 10.2 Å². The number of para-hydroxylation sites is 1. The monoisotopic (exact) mass is 693 g/mol. The number of nitrogens with zero attached hydrogens (tertiary/aromatic N) is 1. The van der Waals surface area contributed by atoms with Crippen molar-refractivity contribution in [3.05, 3.63) is 107 Å². The second kappa shape index (κ2) is 18.1. The number of rotatable bonds is 15. The Hall–Kier alpha value is -5.23. The summed E-state index contributed by atoms with van der Waals surface area (Å²) in [7, 11) is 0. The van der Waals surface area contributed by atoms with E-state index in [2.05, 4.69) is 32.2 Å². The molecule has 0 unspecified atom stereocenters. The van der Waals surface area contributed by atoms with Gasteiger partial charge < -0.3 is 35.8 Å². The highest BCUT2D eigenvalue weighted by Crippen LogP contribution is 2.29. The fraction of sp³-hybridized carbons (Fsp3) is 0.325. The molecule has 1 aliphatic rings.